The van der Waals surface area contributed by atoms with Crippen molar-refractivity contribution in [2.45, 2.75) is 12.8 Å². The van der Waals surface area contributed by atoms with Crippen LogP contribution in [0.3, 0.4) is 0 Å². The van der Waals surface area contributed by atoms with E-state index in [0.29, 0.717) is 5.69 Å². The first-order valence-corrected chi connectivity index (χ1v) is 9.48. The van der Waals surface area contributed by atoms with Crippen molar-refractivity contribution in [3.8, 4) is 0 Å². The number of carbonyl (C=O) groups excluding carboxylic acids is 1. The van der Waals surface area contributed by atoms with Crippen molar-refractivity contribution in [1.29, 1.82) is 0 Å². The number of benzene rings is 1. The van der Waals surface area contributed by atoms with Crippen LogP contribution in [-0.2, 0) is 0 Å². The van der Waals surface area contributed by atoms with Crippen molar-refractivity contribution in [2.75, 3.05) is 52.4 Å². The summed E-state index contributed by atoms with van der Waals surface area (Å²) in [6.07, 6.45) is 4.39. The summed E-state index contributed by atoms with van der Waals surface area (Å²) in [4.78, 5) is 26.9. The molecule has 6 nitrogen and oxygen atoms in total. The lowest BCUT2D eigenvalue weighted by molar-refractivity contribution is -0.954. The van der Waals surface area contributed by atoms with Crippen molar-refractivity contribution in [1.82, 2.24) is 14.9 Å². The van der Waals surface area contributed by atoms with Gasteiger partial charge in [0.15, 0.2) is 0 Å². The number of carbonyl (C=O) groups is 1. The van der Waals surface area contributed by atoms with E-state index >= 15 is 0 Å². The second-order valence-electron chi connectivity index (χ2n) is 7.24. The molecule has 2 saturated heterocycles. The summed E-state index contributed by atoms with van der Waals surface area (Å²) in [5, 5.41) is 0. The number of hydrogen-bond acceptors (Lipinski definition) is 3. The molecule has 2 N–H and O–H groups in total. The number of amides is 1. The van der Waals surface area contributed by atoms with Crippen molar-refractivity contribution < 1.29 is 14.6 Å². The number of likely N-dealkylation sites (tertiary alicyclic amines) is 1. The van der Waals surface area contributed by atoms with Crippen LogP contribution in [0.1, 0.15) is 23.3 Å². The van der Waals surface area contributed by atoms with Gasteiger partial charge in [-0.05, 0) is 12.1 Å². The molecule has 4 rings (SSSR count). The minimum absolute atomic E-state index is 0.0162. The Hall–Kier alpha value is -2.05. The molecule has 2 aromatic rings. The number of nitrogens with one attached hydrogen (secondary N) is 2. The molecule has 1 aromatic carbocycles. The summed E-state index contributed by atoms with van der Waals surface area (Å²) in [6, 6.07) is 7.68. The maximum Gasteiger partial charge on any atom is 0.274 e. The monoisotopic (exact) mass is 341 g/mol. The molecule has 132 valence electrons. The SMILES string of the molecule is O=C(c1cnc2ccccc2n1)N1CC[NH+](CC[NH+]2CCCC2)CC1. The molecular weight excluding hydrogens is 314 g/mol. The summed E-state index contributed by atoms with van der Waals surface area (Å²) < 4.78 is 0. The van der Waals surface area contributed by atoms with E-state index in [-0.39, 0.29) is 5.91 Å². The second-order valence-corrected chi connectivity index (χ2v) is 7.24. The molecule has 0 saturated carbocycles. The first-order chi connectivity index (χ1) is 12.3. The number of hydrogen-bond donors (Lipinski definition) is 2. The van der Waals surface area contributed by atoms with Gasteiger partial charge in [-0.3, -0.25) is 9.78 Å². The molecular formula is C19H27N5O+2. The van der Waals surface area contributed by atoms with Gasteiger partial charge in [-0.25, -0.2) is 4.98 Å². The lowest BCUT2D eigenvalue weighted by Crippen LogP contribution is -3.21. The molecule has 0 atom stereocenters. The van der Waals surface area contributed by atoms with Gasteiger partial charge in [0.1, 0.15) is 18.8 Å². The average Bonchev–Trinajstić information content (AvgIpc) is 3.19. The fourth-order valence-corrected chi connectivity index (χ4v) is 3.98. The van der Waals surface area contributed by atoms with E-state index in [0.717, 1.165) is 37.2 Å². The quantitative estimate of drug-likeness (QED) is 0.723. The van der Waals surface area contributed by atoms with Gasteiger partial charge in [0.2, 0.25) is 0 Å². The zero-order chi connectivity index (χ0) is 17.1. The first-order valence-electron chi connectivity index (χ1n) is 9.48. The Morgan fingerprint density at radius 2 is 1.60 bits per heavy atom. The predicted molar refractivity (Wildman–Crippen MR) is 95.8 cm³/mol. The van der Waals surface area contributed by atoms with E-state index in [2.05, 4.69) is 9.97 Å². The predicted octanol–water partition coefficient (Wildman–Crippen LogP) is -1.35. The van der Waals surface area contributed by atoms with Crippen LogP contribution in [0.15, 0.2) is 30.5 Å². The van der Waals surface area contributed by atoms with Gasteiger partial charge in [-0.2, -0.15) is 0 Å². The Morgan fingerprint density at radius 3 is 2.32 bits per heavy atom. The highest BCUT2D eigenvalue weighted by molar-refractivity contribution is 5.93. The van der Waals surface area contributed by atoms with E-state index in [1.807, 2.05) is 29.2 Å². The molecule has 0 bridgehead atoms. The van der Waals surface area contributed by atoms with Crippen LogP contribution in [0.5, 0.6) is 0 Å². The smallest absolute Gasteiger partial charge is 0.274 e. The average molecular weight is 341 g/mol. The van der Waals surface area contributed by atoms with Crippen molar-refractivity contribution in [2.24, 2.45) is 0 Å². The highest BCUT2D eigenvalue weighted by atomic mass is 16.2. The van der Waals surface area contributed by atoms with Gasteiger partial charge >= 0.3 is 0 Å². The van der Waals surface area contributed by atoms with Crippen LogP contribution >= 0.6 is 0 Å². The van der Waals surface area contributed by atoms with Gasteiger partial charge in [0.25, 0.3) is 5.91 Å². The Bertz CT molecular complexity index is 735. The van der Waals surface area contributed by atoms with Gasteiger partial charge in [0.05, 0.1) is 56.5 Å². The van der Waals surface area contributed by atoms with Crippen LogP contribution < -0.4 is 9.80 Å². The molecule has 1 aromatic heterocycles. The Kier molecular flexibility index (Phi) is 4.90. The normalized spacial score (nSPS) is 19.6. The van der Waals surface area contributed by atoms with Crippen LogP contribution in [0.4, 0.5) is 0 Å². The van der Waals surface area contributed by atoms with Crippen LogP contribution in [-0.4, -0.2) is 73.1 Å². The van der Waals surface area contributed by atoms with E-state index in [1.54, 1.807) is 16.0 Å². The highest BCUT2D eigenvalue weighted by Gasteiger charge is 2.26. The molecule has 0 aliphatic carbocycles. The van der Waals surface area contributed by atoms with Crippen LogP contribution in [0.25, 0.3) is 11.0 Å². The van der Waals surface area contributed by atoms with Gasteiger partial charge in [0, 0.05) is 12.8 Å². The number of quaternary nitrogens is 2. The molecule has 2 aliphatic heterocycles. The van der Waals surface area contributed by atoms with E-state index < -0.39 is 0 Å². The Balaban J connectivity index is 1.32. The zero-order valence-electron chi connectivity index (χ0n) is 14.7. The maximum absolute atomic E-state index is 12.7. The summed E-state index contributed by atoms with van der Waals surface area (Å²) in [5.74, 6) is 0.0162. The summed E-state index contributed by atoms with van der Waals surface area (Å²) in [5.41, 5.74) is 2.08. The zero-order valence-corrected chi connectivity index (χ0v) is 14.7. The summed E-state index contributed by atoms with van der Waals surface area (Å²) in [6.45, 7) is 8.92. The van der Waals surface area contributed by atoms with Crippen molar-refractivity contribution in [3.05, 3.63) is 36.2 Å². The number of piperazine rings is 1. The molecule has 0 spiro atoms. The standard InChI is InChI=1S/C19H25N5O/c25-19(18-15-20-16-5-1-2-6-17(16)21-18)24-13-11-23(12-14-24)10-9-22-7-3-4-8-22/h1-2,5-6,15H,3-4,7-14H2/p+2. The number of rotatable bonds is 4. The molecule has 6 heteroatoms. The van der Waals surface area contributed by atoms with Crippen LogP contribution in [0.2, 0.25) is 0 Å². The third-order valence-electron chi connectivity index (χ3n) is 5.57. The molecule has 0 radical (unpaired) electrons. The summed E-state index contributed by atoms with van der Waals surface area (Å²) in [7, 11) is 0. The van der Waals surface area contributed by atoms with Gasteiger partial charge in [-0.15, -0.1) is 0 Å². The molecule has 3 heterocycles. The molecule has 2 fully saturated rings. The largest absolute Gasteiger partial charge is 0.330 e. The first kappa shape index (κ1) is 16.4. The maximum atomic E-state index is 12.7. The van der Waals surface area contributed by atoms with Gasteiger partial charge in [-0.1, -0.05) is 12.1 Å². The number of nitrogens with zero attached hydrogens (tertiary/aromatic N) is 3. The molecule has 25 heavy (non-hydrogen) atoms. The van der Waals surface area contributed by atoms with Crippen molar-refractivity contribution in [3.63, 3.8) is 0 Å². The lowest BCUT2D eigenvalue weighted by atomic mass is 10.2. The molecule has 1 amide bonds. The second kappa shape index (κ2) is 7.45. The number of aromatic nitrogens is 2. The lowest BCUT2D eigenvalue weighted by Gasteiger charge is -2.32. The Labute approximate surface area is 148 Å². The summed E-state index contributed by atoms with van der Waals surface area (Å²) >= 11 is 0. The van der Waals surface area contributed by atoms with Crippen molar-refractivity contribution >= 4 is 16.9 Å². The molecule has 0 unspecified atom stereocenters. The minimum atomic E-state index is 0.0162. The van der Waals surface area contributed by atoms with E-state index in [1.165, 1.54) is 39.0 Å². The third-order valence-corrected chi connectivity index (χ3v) is 5.57. The third kappa shape index (κ3) is 3.80. The van der Waals surface area contributed by atoms with E-state index in [4.69, 9.17) is 0 Å². The fraction of sp³-hybridized carbons (Fsp3) is 0.526. The fourth-order valence-electron chi connectivity index (χ4n) is 3.98. The number of para-hydroxylation sites is 2. The molecule has 2 aliphatic rings. The minimum Gasteiger partial charge on any atom is -0.330 e. The number of fused-ring (bicyclic) bond motifs is 1. The van der Waals surface area contributed by atoms with E-state index in [9.17, 15) is 4.79 Å². The Morgan fingerprint density at radius 1 is 0.960 bits per heavy atom. The van der Waals surface area contributed by atoms with Gasteiger partial charge < -0.3 is 14.7 Å². The highest BCUT2D eigenvalue weighted by Crippen LogP contribution is 2.10. The van der Waals surface area contributed by atoms with Crippen LogP contribution in [0, 0.1) is 0 Å². The topological polar surface area (TPSA) is 55.0 Å².